The van der Waals surface area contributed by atoms with E-state index in [-0.39, 0.29) is 5.60 Å². The van der Waals surface area contributed by atoms with Gasteiger partial charge in [-0.1, -0.05) is 29.3 Å². The third-order valence-corrected chi connectivity index (χ3v) is 3.33. The summed E-state index contributed by atoms with van der Waals surface area (Å²) in [6.07, 6.45) is 0. The Hall–Kier alpha value is -0.350. The van der Waals surface area contributed by atoms with Gasteiger partial charge in [-0.15, -0.1) is 0 Å². The quantitative estimate of drug-likeness (QED) is 0.776. The lowest BCUT2D eigenvalue weighted by atomic mass is 10.1. The third-order valence-electron chi connectivity index (χ3n) is 2.79. The molecule has 1 saturated heterocycles. The van der Waals surface area contributed by atoms with Crippen LogP contribution in [0.2, 0.25) is 10.3 Å². The standard InChI is InChI=1S/C12H16Cl2N2O/c1-12(2)8-16(5-6-17-12)7-9-3-4-10(13)15-11(9)14/h3-4H,5-8H2,1-2H3. The molecule has 1 aromatic heterocycles. The molecular formula is C12H16Cl2N2O. The molecule has 0 unspecified atom stereocenters. The second kappa shape index (κ2) is 5.11. The molecule has 0 saturated carbocycles. The van der Waals surface area contributed by atoms with Crippen LogP contribution in [0.3, 0.4) is 0 Å². The molecule has 0 aliphatic carbocycles. The Balaban J connectivity index is 2.05. The summed E-state index contributed by atoms with van der Waals surface area (Å²) in [5.74, 6) is 0. The van der Waals surface area contributed by atoms with E-state index in [1.165, 1.54) is 0 Å². The van der Waals surface area contributed by atoms with E-state index in [1.807, 2.05) is 6.07 Å². The molecule has 0 bridgehead atoms. The highest BCUT2D eigenvalue weighted by atomic mass is 35.5. The number of aromatic nitrogens is 1. The van der Waals surface area contributed by atoms with Gasteiger partial charge in [-0.05, 0) is 19.9 Å². The molecule has 1 aromatic rings. The van der Waals surface area contributed by atoms with Crippen LogP contribution < -0.4 is 0 Å². The smallest absolute Gasteiger partial charge is 0.135 e. The number of morpholine rings is 1. The maximum Gasteiger partial charge on any atom is 0.135 e. The highest BCUT2D eigenvalue weighted by Crippen LogP contribution is 2.22. The number of halogens is 2. The lowest BCUT2D eigenvalue weighted by Crippen LogP contribution is -2.47. The first-order chi connectivity index (χ1) is 7.96. The van der Waals surface area contributed by atoms with Crippen molar-refractivity contribution in [2.24, 2.45) is 0 Å². The number of hydrogen-bond donors (Lipinski definition) is 0. The fraction of sp³-hybridized carbons (Fsp3) is 0.583. The van der Waals surface area contributed by atoms with Crippen molar-refractivity contribution >= 4 is 23.2 Å². The average molecular weight is 275 g/mol. The van der Waals surface area contributed by atoms with Crippen molar-refractivity contribution in [3.8, 4) is 0 Å². The molecule has 1 fully saturated rings. The fourth-order valence-electron chi connectivity index (χ4n) is 2.05. The van der Waals surface area contributed by atoms with E-state index in [0.29, 0.717) is 10.3 Å². The van der Waals surface area contributed by atoms with Crippen LogP contribution in [-0.4, -0.2) is 35.2 Å². The van der Waals surface area contributed by atoms with Gasteiger partial charge in [0, 0.05) is 25.2 Å². The largest absolute Gasteiger partial charge is 0.373 e. The van der Waals surface area contributed by atoms with E-state index in [2.05, 4.69) is 23.7 Å². The first-order valence-electron chi connectivity index (χ1n) is 5.63. The Morgan fingerprint density at radius 1 is 1.41 bits per heavy atom. The Kier molecular flexibility index (Phi) is 3.93. The molecule has 0 radical (unpaired) electrons. The summed E-state index contributed by atoms with van der Waals surface area (Å²) in [7, 11) is 0. The van der Waals surface area contributed by atoms with Crippen molar-refractivity contribution in [3.05, 3.63) is 28.0 Å². The minimum Gasteiger partial charge on any atom is -0.373 e. The Morgan fingerprint density at radius 3 is 2.82 bits per heavy atom. The van der Waals surface area contributed by atoms with Crippen molar-refractivity contribution in [2.45, 2.75) is 26.0 Å². The van der Waals surface area contributed by atoms with Crippen molar-refractivity contribution in [1.82, 2.24) is 9.88 Å². The molecule has 0 aromatic carbocycles. The molecular weight excluding hydrogens is 259 g/mol. The van der Waals surface area contributed by atoms with Gasteiger partial charge in [-0.3, -0.25) is 4.90 Å². The van der Waals surface area contributed by atoms with Crippen LogP contribution in [0, 0.1) is 0 Å². The second-order valence-electron chi connectivity index (χ2n) is 4.90. The zero-order chi connectivity index (χ0) is 12.5. The summed E-state index contributed by atoms with van der Waals surface area (Å²) in [5.41, 5.74) is 0.915. The van der Waals surface area contributed by atoms with Gasteiger partial charge < -0.3 is 4.74 Å². The molecule has 1 aliphatic heterocycles. The molecule has 2 heterocycles. The van der Waals surface area contributed by atoms with Crippen molar-refractivity contribution in [3.63, 3.8) is 0 Å². The molecule has 0 atom stereocenters. The predicted octanol–water partition coefficient (Wildman–Crippen LogP) is 3.00. The van der Waals surface area contributed by atoms with Gasteiger partial charge in [0.2, 0.25) is 0 Å². The van der Waals surface area contributed by atoms with Crippen LogP contribution in [0.25, 0.3) is 0 Å². The Morgan fingerprint density at radius 2 is 2.18 bits per heavy atom. The van der Waals surface area contributed by atoms with Gasteiger partial charge in [0.15, 0.2) is 0 Å². The molecule has 0 amide bonds. The number of nitrogens with zero attached hydrogens (tertiary/aromatic N) is 2. The van der Waals surface area contributed by atoms with Gasteiger partial charge in [0.25, 0.3) is 0 Å². The van der Waals surface area contributed by atoms with E-state index >= 15 is 0 Å². The average Bonchev–Trinajstić information content (AvgIpc) is 2.21. The number of ether oxygens (including phenoxy) is 1. The van der Waals surface area contributed by atoms with Crippen LogP contribution in [0.1, 0.15) is 19.4 Å². The summed E-state index contributed by atoms with van der Waals surface area (Å²) in [6, 6.07) is 3.70. The molecule has 1 aliphatic rings. The van der Waals surface area contributed by atoms with Crippen molar-refractivity contribution in [1.29, 1.82) is 0 Å². The van der Waals surface area contributed by atoms with E-state index in [9.17, 15) is 0 Å². The first-order valence-corrected chi connectivity index (χ1v) is 6.39. The minimum absolute atomic E-state index is 0.0927. The normalized spacial score (nSPS) is 20.5. The number of rotatable bonds is 2. The summed E-state index contributed by atoms with van der Waals surface area (Å²) < 4.78 is 5.67. The highest BCUT2D eigenvalue weighted by molar-refractivity contribution is 6.32. The fourth-order valence-corrected chi connectivity index (χ4v) is 2.45. The van der Waals surface area contributed by atoms with E-state index in [4.69, 9.17) is 27.9 Å². The number of hydrogen-bond acceptors (Lipinski definition) is 3. The third kappa shape index (κ3) is 3.55. The van der Waals surface area contributed by atoms with Gasteiger partial charge in [-0.25, -0.2) is 4.98 Å². The zero-order valence-electron chi connectivity index (χ0n) is 10.0. The van der Waals surface area contributed by atoms with E-state index in [1.54, 1.807) is 6.07 Å². The molecule has 2 rings (SSSR count). The van der Waals surface area contributed by atoms with Crippen molar-refractivity contribution in [2.75, 3.05) is 19.7 Å². The van der Waals surface area contributed by atoms with Crippen LogP contribution in [0.5, 0.6) is 0 Å². The SMILES string of the molecule is CC1(C)CN(Cc2ccc(Cl)nc2Cl)CCO1. The summed E-state index contributed by atoms with van der Waals surface area (Å²) in [4.78, 5) is 6.37. The van der Waals surface area contributed by atoms with Gasteiger partial charge in [0.05, 0.1) is 12.2 Å². The molecule has 17 heavy (non-hydrogen) atoms. The Labute approximate surface area is 112 Å². The van der Waals surface area contributed by atoms with E-state index < -0.39 is 0 Å². The van der Waals surface area contributed by atoms with Crippen LogP contribution in [0.15, 0.2) is 12.1 Å². The number of pyridine rings is 1. The van der Waals surface area contributed by atoms with E-state index in [0.717, 1.165) is 31.8 Å². The van der Waals surface area contributed by atoms with Gasteiger partial charge >= 0.3 is 0 Å². The maximum atomic E-state index is 6.07. The molecule has 0 spiro atoms. The molecule has 5 heteroatoms. The van der Waals surface area contributed by atoms with Gasteiger partial charge in [0.1, 0.15) is 10.3 Å². The van der Waals surface area contributed by atoms with Gasteiger partial charge in [-0.2, -0.15) is 0 Å². The Bertz CT molecular complexity index is 409. The molecule has 3 nitrogen and oxygen atoms in total. The monoisotopic (exact) mass is 274 g/mol. The summed E-state index contributed by atoms with van der Waals surface area (Å²) >= 11 is 11.8. The van der Waals surface area contributed by atoms with Crippen LogP contribution in [-0.2, 0) is 11.3 Å². The predicted molar refractivity (Wildman–Crippen MR) is 69.6 cm³/mol. The second-order valence-corrected chi connectivity index (χ2v) is 5.65. The van der Waals surface area contributed by atoms with Crippen LogP contribution in [0.4, 0.5) is 0 Å². The molecule has 94 valence electrons. The molecule has 0 N–H and O–H groups in total. The lowest BCUT2D eigenvalue weighted by molar-refractivity contribution is -0.0882. The van der Waals surface area contributed by atoms with Crippen molar-refractivity contribution < 1.29 is 4.74 Å². The minimum atomic E-state index is -0.0927. The lowest BCUT2D eigenvalue weighted by Gasteiger charge is -2.38. The summed E-state index contributed by atoms with van der Waals surface area (Å²) in [6.45, 7) is 7.55. The zero-order valence-corrected chi connectivity index (χ0v) is 11.6. The highest BCUT2D eigenvalue weighted by Gasteiger charge is 2.27. The topological polar surface area (TPSA) is 25.4 Å². The van der Waals surface area contributed by atoms with Crippen LogP contribution >= 0.6 is 23.2 Å². The first kappa shape index (κ1) is 13.1. The summed E-state index contributed by atoms with van der Waals surface area (Å²) in [5, 5.41) is 0.919. The maximum absolute atomic E-state index is 6.07.